The summed E-state index contributed by atoms with van der Waals surface area (Å²) in [6, 6.07) is 17.6. The predicted octanol–water partition coefficient (Wildman–Crippen LogP) is 3.19. The Balaban J connectivity index is 1.57. The molecular formula is C23H25N3O3. The normalized spacial score (nSPS) is 20.9. The van der Waals surface area contributed by atoms with Crippen molar-refractivity contribution in [3.8, 4) is 5.75 Å². The molecule has 2 aliphatic rings. The first-order valence-corrected chi connectivity index (χ1v) is 9.75. The van der Waals surface area contributed by atoms with Crippen molar-refractivity contribution in [1.82, 2.24) is 5.32 Å². The Labute approximate surface area is 170 Å². The Morgan fingerprint density at radius 1 is 1.14 bits per heavy atom. The molecule has 0 aliphatic carbocycles. The molecular weight excluding hydrogens is 366 g/mol. The maximum Gasteiger partial charge on any atom is 0.236 e. The summed E-state index contributed by atoms with van der Waals surface area (Å²) in [7, 11) is 0. The Morgan fingerprint density at radius 2 is 1.86 bits per heavy atom. The fourth-order valence-corrected chi connectivity index (χ4v) is 3.57. The second-order valence-corrected chi connectivity index (χ2v) is 7.94. The van der Waals surface area contributed by atoms with E-state index in [2.05, 4.69) is 10.3 Å². The molecule has 4 rings (SSSR count). The molecule has 2 aromatic carbocycles. The highest BCUT2D eigenvalue weighted by atomic mass is 16.5. The molecule has 0 radical (unpaired) electrons. The van der Waals surface area contributed by atoms with Crippen LogP contribution in [0.4, 0.5) is 5.69 Å². The van der Waals surface area contributed by atoms with Crippen LogP contribution in [0.15, 0.2) is 65.8 Å². The first-order chi connectivity index (χ1) is 13.9. The van der Waals surface area contributed by atoms with Gasteiger partial charge in [0.1, 0.15) is 17.8 Å². The molecule has 29 heavy (non-hydrogen) atoms. The lowest BCUT2D eigenvalue weighted by atomic mass is 9.92. The number of fused-ring (bicyclic) bond motifs is 1. The third-order valence-corrected chi connectivity index (χ3v) is 5.14. The highest BCUT2D eigenvalue weighted by Gasteiger charge is 2.42. The lowest BCUT2D eigenvalue weighted by Crippen LogP contribution is -2.44. The van der Waals surface area contributed by atoms with Gasteiger partial charge in [-0.05, 0) is 49.2 Å². The van der Waals surface area contributed by atoms with E-state index in [1.54, 1.807) is 13.8 Å². The molecule has 0 fully saturated rings. The van der Waals surface area contributed by atoms with Gasteiger partial charge >= 0.3 is 0 Å². The number of carbonyl (C=O) groups excluding carboxylic acids is 1. The largest absolute Gasteiger partial charge is 0.493 e. The molecule has 0 bridgehead atoms. The summed E-state index contributed by atoms with van der Waals surface area (Å²) in [6.45, 7) is 3.96. The summed E-state index contributed by atoms with van der Waals surface area (Å²) in [4.78, 5) is 19.2. The maximum absolute atomic E-state index is 12.6. The topological polar surface area (TPSA) is 74.2 Å². The number of nitrogens with zero attached hydrogens (tertiary/aromatic N) is 2. The van der Waals surface area contributed by atoms with Crippen molar-refractivity contribution in [2.45, 2.75) is 32.0 Å². The number of para-hydroxylation sites is 1. The zero-order valence-electron chi connectivity index (χ0n) is 16.6. The molecule has 150 valence electrons. The maximum atomic E-state index is 12.6. The fourth-order valence-electron chi connectivity index (χ4n) is 3.57. The van der Waals surface area contributed by atoms with Gasteiger partial charge in [0.2, 0.25) is 5.91 Å². The van der Waals surface area contributed by atoms with Crippen molar-refractivity contribution in [2.24, 2.45) is 10.9 Å². The molecule has 0 saturated carbocycles. The van der Waals surface area contributed by atoms with Crippen LogP contribution >= 0.6 is 0 Å². The van der Waals surface area contributed by atoms with Crippen LogP contribution in [-0.2, 0) is 4.79 Å². The predicted molar refractivity (Wildman–Crippen MR) is 114 cm³/mol. The number of anilines is 1. The van der Waals surface area contributed by atoms with Crippen molar-refractivity contribution in [3.63, 3.8) is 0 Å². The molecule has 2 heterocycles. The molecule has 1 amide bonds. The van der Waals surface area contributed by atoms with E-state index in [1.807, 2.05) is 65.7 Å². The van der Waals surface area contributed by atoms with Crippen LogP contribution in [0.25, 0.3) is 5.57 Å². The molecule has 2 unspecified atom stereocenters. The van der Waals surface area contributed by atoms with Gasteiger partial charge in [0.05, 0.1) is 18.5 Å². The summed E-state index contributed by atoms with van der Waals surface area (Å²) < 4.78 is 5.73. The molecule has 6 heteroatoms. The molecule has 0 aromatic heterocycles. The van der Waals surface area contributed by atoms with Crippen molar-refractivity contribution in [2.75, 3.05) is 11.5 Å². The van der Waals surface area contributed by atoms with Crippen LogP contribution in [0.1, 0.15) is 25.8 Å². The summed E-state index contributed by atoms with van der Waals surface area (Å²) >= 11 is 0. The van der Waals surface area contributed by atoms with Crippen LogP contribution in [0.2, 0.25) is 0 Å². The second kappa shape index (κ2) is 7.72. The molecule has 0 spiro atoms. The van der Waals surface area contributed by atoms with E-state index < -0.39 is 5.60 Å². The standard InChI is InChI=1S/C23H25N3O3/c1-23(2,28)12-13-29-18-10-8-16(9-11-18)19-14-26(17-6-4-3-5-7-17)21-20(19)22(27)25-15-24-21/h3-11,14-15,20-21,28H,12-13H2,1-2H3,(H,24,25,27). The van der Waals surface area contributed by atoms with Crippen molar-refractivity contribution in [3.05, 3.63) is 66.4 Å². The molecule has 0 saturated heterocycles. The van der Waals surface area contributed by atoms with E-state index in [-0.39, 0.29) is 18.0 Å². The van der Waals surface area contributed by atoms with Gasteiger partial charge in [0.15, 0.2) is 0 Å². The van der Waals surface area contributed by atoms with Crippen molar-refractivity contribution >= 4 is 23.5 Å². The van der Waals surface area contributed by atoms with Gasteiger partial charge < -0.3 is 20.1 Å². The molecule has 2 aliphatic heterocycles. The smallest absolute Gasteiger partial charge is 0.236 e. The summed E-state index contributed by atoms with van der Waals surface area (Å²) in [6.07, 6.45) is 3.75. The molecule has 2 aromatic rings. The Hall–Kier alpha value is -3.12. The van der Waals surface area contributed by atoms with Crippen LogP contribution in [-0.4, -0.2) is 35.7 Å². The zero-order chi connectivity index (χ0) is 20.4. The number of nitrogens with one attached hydrogen (secondary N) is 1. The van der Waals surface area contributed by atoms with Crippen LogP contribution < -0.4 is 15.0 Å². The third kappa shape index (κ3) is 4.17. The molecule has 2 N–H and O–H groups in total. The monoisotopic (exact) mass is 391 g/mol. The number of carbonyl (C=O) groups is 1. The number of aliphatic hydroxyl groups is 1. The van der Waals surface area contributed by atoms with Gasteiger partial charge in [-0.25, -0.2) is 4.99 Å². The Kier molecular flexibility index (Phi) is 5.11. The number of amides is 1. The number of hydrogen-bond donors (Lipinski definition) is 2. The lowest BCUT2D eigenvalue weighted by molar-refractivity contribution is -0.122. The quantitative estimate of drug-likeness (QED) is 0.793. The SMILES string of the molecule is CC(C)(O)CCOc1ccc(C2=CN(c3ccccc3)C3N=CNC(=O)C23)cc1. The van der Waals surface area contributed by atoms with Gasteiger partial charge in [-0.2, -0.15) is 0 Å². The minimum atomic E-state index is -0.751. The van der Waals surface area contributed by atoms with E-state index in [0.717, 1.165) is 22.6 Å². The summed E-state index contributed by atoms with van der Waals surface area (Å²) in [5.74, 6) is 0.307. The van der Waals surface area contributed by atoms with E-state index in [1.165, 1.54) is 6.34 Å². The minimum absolute atomic E-state index is 0.0554. The van der Waals surface area contributed by atoms with Crippen molar-refractivity contribution < 1.29 is 14.6 Å². The van der Waals surface area contributed by atoms with E-state index >= 15 is 0 Å². The number of hydrogen-bond acceptors (Lipinski definition) is 5. The molecule has 6 nitrogen and oxygen atoms in total. The first-order valence-electron chi connectivity index (χ1n) is 9.75. The van der Waals surface area contributed by atoms with Gasteiger partial charge in [0, 0.05) is 18.3 Å². The van der Waals surface area contributed by atoms with Gasteiger partial charge in [-0.3, -0.25) is 4.79 Å². The minimum Gasteiger partial charge on any atom is -0.493 e. The highest BCUT2D eigenvalue weighted by molar-refractivity contribution is 6.02. The lowest BCUT2D eigenvalue weighted by Gasteiger charge is -2.28. The van der Waals surface area contributed by atoms with Crippen LogP contribution in [0.3, 0.4) is 0 Å². The number of rotatable bonds is 6. The van der Waals surface area contributed by atoms with Crippen LogP contribution in [0, 0.1) is 5.92 Å². The first kappa shape index (κ1) is 19.2. The van der Waals surface area contributed by atoms with Crippen molar-refractivity contribution in [1.29, 1.82) is 0 Å². The van der Waals surface area contributed by atoms with Crippen LogP contribution in [0.5, 0.6) is 5.75 Å². The van der Waals surface area contributed by atoms with E-state index in [0.29, 0.717) is 13.0 Å². The Bertz CT molecular complexity index is 930. The highest BCUT2D eigenvalue weighted by Crippen LogP contribution is 2.40. The number of aliphatic imine (C=N–C) groups is 1. The van der Waals surface area contributed by atoms with Gasteiger partial charge in [-0.15, -0.1) is 0 Å². The van der Waals surface area contributed by atoms with E-state index in [4.69, 9.17) is 4.74 Å². The number of ether oxygens (including phenoxy) is 1. The fraction of sp³-hybridized carbons (Fsp3) is 0.304. The number of benzene rings is 2. The van der Waals surface area contributed by atoms with Gasteiger partial charge in [-0.1, -0.05) is 30.3 Å². The second-order valence-electron chi connectivity index (χ2n) is 7.94. The average Bonchev–Trinajstić information content (AvgIpc) is 3.09. The zero-order valence-corrected chi connectivity index (χ0v) is 16.6. The summed E-state index contributed by atoms with van der Waals surface area (Å²) in [5, 5.41) is 12.5. The summed E-state index contributed by atoms with van der Waals surface area (Å²) in [5.41, 5.74) is 2.13. The third-order valence-electron chi connectivity index (χ3n) is 5.14. The van der Waals surface area contributed by atoms with Gasteiger partial charge in [0.25, 0.3) is 0 Å². The Morgan fingerprint density at radius 3 is 2.55 bits per heavy atom. The average molecular weight is 391 g/mol. The van der Waals surface area contributed by atoms with E-state index in [9.17, 15) is 9.90 Å². The molecule has 2 atom stereocenters.